The van der Waals surface area contributed by atoms with Gasteiger partial charge in [-0.05, 0) is 42.8 Å². The van der Waals surface area contributed by atoms with Crippen LogP contribution in [0.15, 0.2) is 59.3 Å². The fourth-order valence-corrected chi connectivity index (χ4v) is 2.69. The molecule has 0 radical (unpaired) electrons. The molecule has 0 saturated carbocycles. The third-order valence-corrected chi connectivity index (χ3v) is 4.32. The largest absolute Gasteiger partial charge is 0.452 e. The number of carbonyl (C=O) groups excluding carboxylic acids is 2. The zero-order valence-electron chi connectivity index (χ0n) is 14.0. The van der Waals surface area contributed by atoms with Crippen molar-refractivity contribution in [1.82, 2.24) is 15.3 Å². The van der Waals surface area contributed by atoms with Crippen LogP contribution >= 0.6 is 15.9 Å². The molecule has 0 bridgehead atoms. The minimum atomic E-state index is -0.580. The van der Waals surface area contributed by atoms with Gasteiger partial charge in [0.15, 0.2) is 6.61 Å². The van der Waals surface area contributed by atoms with Gasteiger partial charge in [-0.15, -0.1) is 0 Å². The monoisotopic (exact) mass is 413 g/mol. The first kappa shape index (κ1) is 18.0. The highest BCUT2D eigenvalue weighted by atomic mass is 79.9. The summed E-state index contributed by atoms with van der Waals surface area (Å²) < 4.78 is 6.05. The molecule has 0 fully saturated rings. The van der Waals surface area contributed by atoms with E-state index in [2.05, 4.69) is 31.2 Å². The molecule has 1 atom stereocenters. The molecule has 6 nitrogen and oxygen atoms in total. The van der Waals surface area contributed by atoms with Crippen molar-refractivity contribution in [2.24, 2.45) is 0 Å². The Kier molecular flexibility index (Phi) is 5.58. The minimum Gasteiger partial charge on any atom is -0.452 e. The van der Waals surface area contributed by atoms with E-state index in [-0.39, 0.29) is 18.6 Å². The van der Waals surface area contributed by atoms with Gasteiger partial charge >= 0.3 is 5.97 Å². The lowest BCUT2D eigenvalue weighted by Gasteiger charge is -2.14. The number of fused-ring (bicyclic) bond motifs is 1. The van der Waals surface area contributed by atoms with Crippen molar-refractivity contribution in [3.63, 3.8) is 0 Å². The number of nitrogens with one attached hydrogen (secondary N) is 1. The molecule has 2 aromatic carbocycles. The van der Waals surface area contributed by atoms with E-state index in [1.54, 1.807) is 30.6 Å². The van der Waals surface area contributed by atoms with E-state index >= 15 is 0 Å². The van der Waals surface area contributed by atoms with Gasteiger partial charge in [-0.25, -0.2) is 4.79 Å². The predicted molar refractivity (Wildman–Crippen MR) is 101 cm³/mol. The Hall–Kier alpha value is -2.80. The number of hydrogen-bond acceptors (Lipinski definition) is 5. The summed E-state index contributed by atoms with van der Waals surface area (Å²) in [6.07, 6.45) is 3.13. The lowest BCUT2D eigenvalue weighted by Crippen LogP contribution is -2.31. The van der Waals surface area contributed by atoms with Gasteiger partial charge in [-0.2, -0.15) is 0 Å². The molecule has 1 aromatic heterocycles. The van der Waals surface area contributed by atoms with Crippen LogP contribution in [-0.2, 0) is 9.53 Å². The zero-order valence-corrected chi connectivity index (χ0v) is 15.6. The summed E-state index contributed by atoms with van der Waals surface area (Å²) >= 11 is 3.37. The van der Waals surface area contributed by atoms with Crippen molar-refractivity contribution in [2.45, 2.75) is 13.0 Å². The first-order chi connectivity index (χ1) is 12.5. The van der Waals surface area contributed by atoms with Gasteiger partial charge in [0.2, 0.25) is 0 Å². The quantitative estimate of drug-likeness (QED) is 0.647. The number of ether oxygens (including phenoxy) is 1. The molecule has 0 spiro atoms. The summed E-state index contributed by atoms with van der Waals surface area (Å²) in [5.74, 6) is -0.946. The highest BCUT2D eigenvalue weighted by Crippen LogP contribution is 2.16. The smallest absolute Gasteiger partial charge is 0.338 e. The number of benzene rings is 2. The SMILES string of the molecule is C[C@@H](NC(=O)COC(=O)c1ccc2nccnc2c1)c1ccc(Br)cc1. The fourth-order valence-electron chi connectivity index (χ4n) is 2.42. The minimum absolute atomic E-state index is 0.190. The Bertz CT molecular complexity index is 944. The van der Waals surface area contributed by atoms with Crippen molar-refractivity contribution < 1.29 is 14.3 Å². The standard InChI is InChI=1S/C19H16BrN3O3/c1-12(13-2-5-15(20)6-3-13)23-18(24)11-26-19(25)14-4-7-16-17(10-14)22-9-8-21-16/h2-10,12H,11H2,1H3,(H,23,24)/t12-/m1/s1. The lowest BCUT2D eigenvalue weighted by atomic mass is 10.1. The molecule has 0 aliphatic carbocycles. The molecule has 1 heterocycles. The van der Waals surface area contributed by atoms with Crippen LogP contribution in [0.5, 0.6) is 0 Å². The number of nitrogens with zero attached hydrogens (tertiary/aromatic N) is 2. The van der Waals surface area contributed by atoms with Crippen molar-refractivity contribution in [3.8, 4) is 0 Å². The molecule has 1 N–H and O–H groups in total. The van der Waals surface area contributed by atoms with Crippen LogP contribution in [0, 0.1) is 0 Å². The molecule has 132 valence electrons. The molecule has 0 unspecified atom stereocenters. The molecule has 0 aliphatic rings. The number of halogens is 1. The van der Waals surface area contributed by atoms with E-state index in [0.29, 0.717) is 16.6 Å². The van der Waals surface area contributed by atoms with Crippen LogP contribution in [-0.4, -0.2) is 28.5 Å². The molecular formula is C19H16BrN3O3. The maximum atomic E-state index is 12.1. The van der Waals surface area contributed by atoms with Crippen LogP contribution in [0.25, 0.3) is 11.0 Å². The predicted octanol–water partition coefficient (Wildman–Crippen LogP) is 3.43. The molecular weight excluding hydrogens is 398 g/mol. The topological polar surface area (TPSA) is 81.2 Å². The number of amides is 1. The molecule has 3 aromatic rings. The second kappa shape index (κ2) is 8.05. The first-order valence-corrected chi connectivity index (χ1v) is 8.75. The number of aromatic nitrogens is 2. The summed E-state index contributed by atoms with van der Waals surface area (Å²) in [6.45, 7) is 1.52. The van der Waals surface area contributed by atoms with E-state index in [1.165, 1.54) is 0 Å². The second-order valence-electron chi connectivity index (χ2n) is 5.68. The number of esters is 1. The average molecular weight is 414 g/mol. The highest BCUT2D eigenvalue weighted by molar-refractivity contribution is 9.10. The molecule has 0 saturated heterocycles. The van der Waals surface area contributed by atoms with E-state index < -0.39 is 5.97 Å². The van der Waals surface area contributed by atoms with Gasteiger partial charge in [-0.3, -0.25) is 14.8 Å². The summed E-state index contributed by atoms with van der Waals surface area (Å²) in [6, 6.07) is 12.3. The van der Waals surface area contributed by atoms with Gasteiger partial charge in [0.05, 0.1) is 22.6 Å². The number of hydrogen-bond donors (Lipinski definition) is 1. The zero-order chi connectivity index (χ0) is 18.5. The Morgan fingerprint density at radius 1 is 1.08 bits per heavy atom. The molecule has 26 heavy (non-hydrogen) atoms. The average Bonchev–Trinajstić information content (AvgIpc) is 2.66. The fraction of sp³-hybridized carbons (Fsp3) is 0.158. The third kappa shape index (κ3) is 4.43. The second-order valence-corrected chi connectivity index (χ2v) is 6.59. The summed E-state index contributed by atoms with van der Waals surface area (Å²) in [5, 5.41) is 2.80. The van der Waals surface area contributed by atoms with Gasteiger partial charge in [-0.1, -0.05) is 28.1 Å². The Morgan fingerprint density at radius 2 is 1.77 bits per heavy atom. The van der Waals surface area contributed by atoms with E-state index in [0.717, 1.165) is 10.0 Å². The van der Waals surface area contributed by atoms with Gasteiger partial charge in [0.25, 0.3) is 5.91 Å². The summed E-state index contributed by atoms with van der Waals surface area (Å²) in [5.41, 5.74) is 2.56. The Labute approximate surface area is 158 Å². The number of carbonyl (C=O) groups is 2. The Balaban J connectivity index is 1.56. The maximum absolute atomic E-state index is 12.1. The molecule has 1 amide bonds. The van der Waals surface area contributed by atoms with Gasteiger partial charge in [0.1, 0.15) is 0 Å². The van der Waals surface area contributed by atoms with Crippen molar-refractivity contribution in [1.29, 1.82) is 0 Å². The van der Waals surface area contributed by atoms with Crippen LogP contribution in [0.2, 0.25) is 0 Å². The van der Waals surface area contributed by atoms with Crippen LogP contribution in [0.1, 0.15) is 28.9 Å². The third-order valence-electron chi connectivity index (χ3n) is 3.79. The molecule has 3 rings (SSSR count). The Morgan fingerprint density at radius 3 is 2.50 bits per heavy atom. The van der Waals surface area contributed by atoms with Crippen molar-refractivity contribution in [3.05, 3.63) is 70.5 Å². The summed E-state index contributed by atoms with van der Waals surface area (Å²) in [7, 11) is 0. The van der Waals surface area contributed by atoms with Crippen LogP contribution in [0.3, 0.4) is 0 Å². The van der Waals surface area contributed by atoms with Gasteiger partial charge in [0, 0.05) is 16.9 Å². The lowest BCUT2D eigenvalue weighted by molar-refractivity contribution is -0.124. The molecule has 0 aliphatic heterocycles. The number of rotatable bonds is 5. The van der Waals surface area contributed by atoms with E-state index in [9.17, 15) is 9.59 Å². The summed E-state index contributed by atoms with van der Waals surface area (Å²) in [4.78, 5) is 32.4. The van der Waals surface area contributed by atoms with Crippen molar-refractivity contribution >= 4 is 38.8 Å². The maximum Gasteiger partial charge on any atom is 0.338 e. The van der Waals surface area contributed by atoms with Crippen LogP contribution < -0.4 is 5.32 Å². The highest BCUT2D eigenvalue weighted by Gasteiger charge is 2.14. The van der Waals surface area contributed by atoms with Gasteiger partial charge < -0.3 is 10.1 Å². The van der Waals surface area contributed by atoms with E-state index in [4.69, 9.17) is 4.74 Å². The molecule has 7 heteroatoms. The first-order valence-electron chi connectivity index (χ1n) is 7.95. The van der Waals surface area contributed by atoms with E-state index in [1.807, 2.05) is 31.2 Å². The normalized spacial score (nSPS) is 11.8. The van der Waals surface area contributed by atoms with Crippen LogP contribution in [0.4, 0.5) is 0 Å². The van der Waals surface area contributed by atoms with Crippen molar-refractivity contribution in [2.75, 3.05) is 6.61 Å².